The fourth-order valence-electron chi connectivity index (χ4n) is 0.278. The van der Waals surface area contributed by atoms with Gasteiger partial charge in [-0.05, 0) is 0 Å². The van der Waals surface area contributed by atoms with Crippen molar-refractivity contribution in [1.29, 1.82) is 0 Å². The normalized spacial score (nSPS) is 10.5. The first-order chi connectivity index (χ1) is 3.77. The lowest BCUT2D eigenvalue weighted by atomic mass is 10.6. The molecule has 0 aromatic rings. The number of alkyl halides is 3. The highest BCUT2D eigenvalue weighted by Gasteiger charge is 1.98. The number of nitrogens with one attached hydrogen (secondary N) is 1. The Balaban J connectivity index is 2.72. The summed E-state index contributed by atoms with van der Waals surface area (Å²) in [6, 6.07) is 0. The molecule has 1 N–H and O–H groups in total. The topological polar surface area (TPSA) is 12.0 Å². The van der Waals surface area contributed by atoms with Crippen LogP contribution in [0.25, 0.3) is 0 Å². The second-order valence-corrected chi connectivity index (χ2v) is 1.28. The molecule has 0 rings (SSSR count). The van der Waals surface area contributed by atoms with Crippen LogP contribution < -0.4 is 5.32 Å². The second kappa shape index (κ2) is 4.90. The van der Waals surface area contributed by atoms with Gasteiger partial charge in [-0.2, -0.15) is 0 Å². The molecular formula is C4H8F3N. The summed E-state index contributed by atoms with van der Waals surface area (Å²) in [4.78, 5) is 0. The van der Waals surface area contributed by atoms with E-state index < -0.39 is 19.6 Å². The first-order valence-electron chi connectivity index (χ1n) is 2.32. The minimum atomic E-state index is -2.37. The molecule has 0 spiro atoms. The molecule has 0 aromatic carbocycles. The summed E-state index contributed by atoms with van der Waals surface area (Å²) in [7, 11) is 0. The van der Waals surface area contributed by atoms with Crippen LogP contribution >= 0.6 is 0 Å². The van der Waals surface area contributed by atoms with Crippen molar-refractivity contribution < 1.29 is 13.2 Å². The predicted molar refractivity (Wildman–Crippen MR) is 24.8 cm³/mol. The molecule has 0 unspecified atom stereocenters. The Labute approximate surface area is 45.9 Å². The molecule has 0 saturated carbocycles. The third kappa shape index (κ3) is 5.75. The average molecular weight is 127 g/mol. The average Bonchev–Trinajstić information content (AvgIpc) is 1.66. The largest absolute Gasteiger partial charge is 0.309 e. The molecule has 0 heterocycles. The summed E-state index contributed by atoms with van der Waals surface area (Å²) in [5.41, 5.74) is 0. The molecule has 0 aliphatic rings. The first-order valence-corrected chi connectivity index (χ1v) is 2.32. The summed E-state index contributed by atoms with van der Waals surface area (Å²) >= 11 is 0. The number of rotatable bonds is 4. The SMILES string of the molecule is FCCNCC(F)F. The van der Waals surface area contributed by atoms with Crippen LogP contribution in [0, 0.1) is 0 Å². The van der Waals surface area contributed by atoms with Crippen LogP contribution in [0.1, 0.15) is 0 Å². The second-order valence-electron chi connectivity index (χ2n) is 1.28. The van der Waals surface area contributed by atoms with Gasteiger partial charge in [-0.3, -0.25) is 0 Å². The van der Waals surface area contributed by atoms with Crippen molar-refractivity contribution in [1.82, 2.24) is 5.32 Å². The Morgan fingerprint density at radius 2 is 2.00 bits per heavy atom. The molecule has 0 amide bonds. The van der Waals surface area contributed by atoms with E-state index in [1.807, 2.05) is 0 Å². The van der Waals surface area contributed by atoms with Gasteiger partial charge >= 0.3 is 0 Å². The molecule has 1 nitrogen and oxygen atoms in total. The molecular weight excluding hydrogens is 119 g/mol. The van der Waals surface area contributed by atoms with Gasteiger partial charge in [-0.15, -0.1) is 0 Å². The van der Waals surface area contributed by atoms with Crippen molar-refractivity contribution in [2.75, 3.05) is 19.8 Å². The molecule has 0 radical (unpaired) electrons. The van der Waals surface area contributed by atoms with Crippen molar-refractivity contribution in [3.05, 3.63) is 0 Å². The van der Waals surface area contributed by atoms with Gasteiger partial charge < -0.3 is 5.32 Å². The summed E-state index contributed by atoms with van der Waals surface area (Å²) < 4.78 is 33.5. The van der Waals surface area contributed by atoms with E-state index in [0.717, 1.165) is 0 Å². The standard InChI is InChI=1S/C4H8F3N/c5-1-2-8-3-4(6)7/h4,8H,1-3H2. The lowest BCUT2D eigenvalue weighted by Crippen LogP contribution is -2.23. The molecule has 0 aliphatic carbocycles. The zero-order chi connectivity index (χ0) is 6.41. The number of halogens is 3. The molecule has 8 heavy (non-hydrogen) atoms. The van der Waals surface area contributed by atoms with Gasteiger partial charge in [0.2, 0.25) is 0 Å². The Kier molecular flexibility index (Phi) is 4.75. The maximum absolute atomic E-state index is 11.2. The fraction of sp³-hybridized carbons (Fsp3) is 1.00. The summed E-state index contributed by atoms with van der Waals surface area (Å²) in [6.07, 6.45) is -2.37. The monoisotopic (exact) mass is 127 g/mol. The van der Waals surface area contributed by atoms with Gasteiger partial charge in [-0.1, -0.05) is 0 Å². The van der Waals surface area contributed by atoms with Gasteiger partial charge in [0, 0.05) is 6.54 Å². The summed E-state index contributed by atoms with van der Waals surface area (Å²) in [5.74, 6) is 0. The van der Waals surface area contributed by atoms with Gasteiger partial charge in [-0.25, -0.2) is 13.2 Å². The minimum Gasteiger partial charge on any atom is -0.309 e. The van der Waals surface area contributed by atoms with E-state index >= 15 is 0 Å². The Hall–Kier alpha value is -0.250. The van der Waals surface area contributed by atoms with Crippen molar-refractivity contribution in [2.24, 2.45) is 0 Å². The predicted octanol–water partition coefficient (Wildman–Crippen LogP) is 0.811. The fourth-order valence-corrected chi connectivity index (χ4v) is 0.278. The molecule has 0 aliphatic heterocycles. The zero-order valence-electron chi connectivity index (χ0n) is 4.33. The Bertz CT molecular complexity index is 48.5. The lowest BCUT2D eigenvalue weighted by molar-refractivity contribution is 0.145. The molecule has 50 valence electrons. The van der Waals surface area contributed by atoms with Crippen LogP contribution in [0.3, 0.4) is 0 Å². The maximum Gasteiger partial charge on any atom is 0.250 e. The highest BCUT2D eigenvalue weighted by atomic mass is 19.3. The van der Waals surface area contributed by atoms with Crippen molar-refractivity contribution in [3.8, 4) is 0 Å². The van der Waals surface area contributed by atoms with Crippen molar-refractivity contribution in [3.63, 3.8) is 0 Å². The van der Waals surface area contributed by atoms with E-state index in [1.165, 1.54) is 0 Å². The van der Waals surface area contributed by atoms with Gasteiger partial charge in [0.05, 0.1) is 6.54 Å². The molecule has 0 aromatic heterocycles. The highest BCUT2D eigenvalue weighted by molar-refractivity contribution is 4.45. The van der Waals surface area contributed by atoms with E-state index in [0.29, 0.717) is 0 Å². The highest BCUT2D eigenvalue weighted by Crippen LogP contribution is 1.86. The van der Waals surface area contributed by atoms with Crippen molar-refractivity contribution in [2.45, 2.75) is 6.43 Å². The number of hydrogen-bond donors (Lipinski definition) is 1. The molecule has 0 bridgehead atoms. The molecule has 0 saturated heterocycles. The summed E-state index contributed by atoms with van der Waals surface area (Å²) in [6.45, 7) is -0.985. The summed E-state index contributed by atoms with van der Waals surface area (Å²) in [5, 5.41) is 2.21. The van der Waals surface area contributed by atoms with E-state index in [-0.39, 0.29) is 6.54 Å². The maximum atomic E-state index is 11.2. The van der Waals surface area contributed by atoms with Crippen LogP contribution in [0.4, 0.5) is 13.2 Å². The molecule has 0 atom stereocenters. The van der Waals surface area contributed by atoms with E-state index in [4.69, 9.17) is 0 Å². The van der Waals surface area contributed by atoms with Crippen LogP contribution in [-0.2, 0) is 0 Å². The lowest BCUT2D eigenvalue weighted by Gasteiger charge is -1.97. The Morgan fingerprint density at radius 1 is 1.38 bits per heavy atom. The smallest absolute Gasteiger partial charge is 0.250 e. The Morgan fingerprint density at radius 3 is 2.38 bits per heavy atom. The van der Waals surface area contributed by atoms with Gasteiger partial charge in [0.15, 0.2) is 0 Å². The molecule has 4 heteroatoms. The third-order valence-electron chi connectivity index (χ3n) is 0.570. The van der Waals surface area contributed by atoms with Crippen LogP contribution in [0.5, 0.6) is 0 Å². The van der Waals surface area contributed by atoms with Gasteiger partial charge in [0.1, 0.15) is 6.67 Å². The zero-order valence-corrected chi connectivity index (χ0v) is 4.33. The van der Waals surface area contributed by atoms with Crippen LogP contribution in [-0.4, -0.2) is 26.2 Å². The number of hydrogen-bond acceptors (Lipinski definition) is 1. The van der Waals surface area contributed by atoms with Gasteiger partial charge in [0.25, 0.3) is 6.43 Å². The molecule has 0 fully saturated rings. The van der Waals surface area contributed by atoms with E-state index in [9.17, 15) is 13.2 Å². The van der Waals surface area contributed by atoms with Crippen LogP contribution in [0.15, 0.2) is 0 Å². The van der Waals surface area contributed by atoms with Crippen molar-refractivity contribution >= 4 is 0 Å². The van der Waals surface area contributed by atoms with E-state index in [1.54, 1.807) is 0 Å². The quantitative estimate of drug-likeness (QED) is 0.551. The third-order valence-corrected chi connectivity index (χ3v) is 0.570. The van der Waals surface area contributed by atoms with E-state index in [2.05, 4.69) is 5.32 Å². The van der Waals surface area contributed by atoms with Crippen LogP contribution in [0.2, 0.25) is 0 Å². The first kappa shape index (κ1) is 7.75. The minimum absolute atomic E-state index is 0.0182.